The van der Waals surface area contributed by atoms with Crippen LogP contribution in [0.1, 0.15) is 40.9 Å². The lowest BCUT2D eigenvalue weighted by Crippen LogP contribution is -2.50. The standard InChI is InChI=1S/C26H25F3N6O3/c27-26(28,29)15-6-11-34(13-15)21(36)14-35-20-3-1-2-16(22(20)25(24(35)38)7-9-30-10-8-25)23(37)18-5-4-17-19(32-18)12-31-33-17/h1-5,12,15,30H,6-11,13-14H2,(H,31,33)/t15-/m1/s1. The van der Waals surface area contributed by atoms with E-state index < -0.39 is 30.0 Å². The molecule has 2 fully saturated rings. The first-order chi connectivity index (χ1) is 18.2. The minimum Gasteiger partial charge on any atom is -0.341 e. The number of rotatable bonds is 4. The number of nitrogens with zero attached hydrogens (tertiary/aromatic N) is 4. The Morgan fingerprint density at radius 3 is 2.66 bits per heavy atom. The minimum atomic E-state index is -4.37. The number of fused-ring (bicyclic) bond motifs is 3. The highest BCUT2D eigenvalue weighted by Gasteiger charge is 2.54. The lowest BCUT2D eigenvalue weighted by molar-refractivity contribution is -0.171. The summed E-state index contributed by atoms with van der Waals surface area (Å²) >= 11 is 0. The van der Waals surface area contributed by atoms with E-state index in [1.165, 1.54) is 16.0 Å². The van der Waals surface area contributed by atoms with Gasteiger partial charge in [0.25, 0.3) is 0 Å². The number of aromatic nitrogens is 3. The van der Waals surface area contributed by atoms with Crippen molar-refractivity contribution >= 4 is 34.3 Å². The first-order valence-corrected chi connectivity index (χ1v) is 12.5. The highest BCUT2D eigenvalue weighted by molar-refractivity contribution is 6.17. The van der Waals surface area contributed by atoms with Crippen LogP contribution < -0.4 is 10.2 Å². The number of aromatic amines is 1. The zero-order valence-corrected chi connectivity index (χ0v) is 20.3. The van der Waals surface area contributed by atoms with Gasteiger partial charge in [0, 0.05) is 29.9 Å². The van der Waals surface area contributed by atoms with Gasteiger partial charge in [0.15, 0.2) is 0 Å². The summed E-state index contributed by atoms with van der Waals surface area (Å²) in [5.41, 5.74) is 1.76. The van der Waals surface area contributed by atoms with Crippen LogP contribution >= 0.6 is 0 Å². The number of hydrogen-bond donors (Lipinski definition) is 2. The maximum absolute atomic E-state index is 14.0. The fourth-order valence-electron chi connectivity index (χ4n) is 5.99. The number of nitrogens with one attached hydrogen (secondary N) is 2. The molecule has 5 heterocycles. The summed E-state index contributed by atoms with van der Waals surface area (Å²) in [6, 6.07) is 8.33. The van der Waals surface area contributed by atoms with E-state index in [1.54, 1.807) is 30.3 Å². The third-order valence-corrected chi connectivity index (χ3v) is 7.99. The van der Waals surface area contributed by atoms with Crippen molar-refractivity contribution in [3.05, 3.63) is 53.3 Å². The molecule has 198 valence electrons. The number of benzene rings is 1. The van der Waals surface area contributed by atoms with Gasteiger partial charge < -0.3 is 15.1 Å². The second kappa shape index (κ2) is 8.90. The number of anilines is 1. The SMILES string of the molecule is O=C(c1ccc2[nH]ncc2n1)c1cccc2c1C1(CCNCC1)C(=O)N2CC(=O)N1CC[C@@H](C(F)(F)F)C1. The average molecular weight is 527 g/mol. The van der Waals surface area contributed by atoms with Crippen LogP contribution in [0.4, 0.5) is 18.9 Å². The summed E-state index contributed by atoms with van der Waals surface area (Å²) in [7, 11) is 0. The Labute approximate surface area is 215 Å². The molecule has 1 spiro atoms. The Morgan fingerprint density at radius 1 is 1.13 bits per heavy atom. The molecule has 3 aliphatic rings. The van der Waals surface area contributed by atoms with Gasteiger partial charge in [0.2, 0.25) is 17.6 Å². The Kier molecular flexibility index (Phi) is 5.74. The molecule has 0 radical (unpaired) electrons. The number of pyridine rings is 1. The summed E-state index contributed by atoms with van der Waals surface area (Å²) in [4.78, 5) is 47.8. The lowest BCUT2D eigenvalue weighted by atomic mass is 9.72. The van der Waals surface area contributed by atoms with Gasteiger partial charge >= 0.3 is 6.18 Å². The number of carbonyl (C=O) groups is 3. The molecule has 0 unspecified atom stereocenters. The van der Waals surface area contributed by atoms with Gasteiger partial charge in [-0.05, 0) is 50.6 Å². The molecule has 38 heavy (non-hydrogen) atoms. The highest BCUT2D eigenvalue weighted by Crippen LogP contribution is 2.49. The largest absolute Gasteiger partial charge is 0.393 e. The number of piperidine rings is 1. The molecule has 0 bridgehead atoms. The van der Waals surface area contributed by atoms with Gasteiger partial charge in [0.1, 0.15) is 17.8 Å². The van der Waals surface area contributed by atoms with Gasteiger partial charge in [-0.1, -0.05) is 12.1 Å². The molecular formula is C26H25F3N6O3. The number of ketones is 1. The monoisotopic (exact) mass is 526 g/mol. The predicted octanol–water partition coefficient (Wildman–Crippen LogP) is 2.57. The van der Waals surface area contributed by atoms with E-state index in [1.807, 2.05) is 0 Å². The van der Waals surface area contributed by atoms with Crippen molar-refractivity contribution in [1.29, 1.82) is 0 Å². The van der Waals surface area contributed by atoms with Crippen molar-refractivity contribution < 1.29 is 27.6 Å². The maximum Gasteiger partial charge on any atom is 0.393 e. The lowest BCUT2D eigenvalue weighted by Gasteiger charge is -2.34. The molecule has 2 N–H and O–H groups in total. The molecular weight excluding hydrogens is 501 g/mol. The molecule has 3 aliphatic heterocycles. The van der Waals surface area contributed by atoms with Crippen LogP contribution in [0.15, 0.2) is 36.5 Å². The molecule has 0 aliphatic carbocycles. The topological polar surface area (TPSA) is 111 Å². The third-order valence-electron chi connectivity index (χ3n) is 7.99. The van der Waals surface area contributed by atoms with Crippen molar-refractivity contribution in [3.8, 4) is 0 Å². The molecule has 2 saturated heterocycles. The van der Waals surface area contributed by atoms with Crippen molar-refractivity contribution in [1.82, 2.24) is 25.4 Å². The number of H-pyrrole nitrogens is 1. The van der Waals surface area contributed by atoms with E-state index in [4.69, 9.17) is 0 Å². The summed E-state index contributed by atoms with van der Waals surface area (Å²) in [6.07, 6.45) is -2.13. The number of halogens is 3. The van der Waals surface area contributed by atoms with Crippen molar-refractivity contribution in [2.45, 2.75) is 30.9 Å². The van der Waals surface area contributed by atoms with E-state index >= 15 is 0 Å². The number of amides is 2. The van der Waals surface area contributed by atoms with Gasteiger partial charge in [-0.2, -0.15) is 18.3 Å². The molecule has 3 aromatic rings. The fourth-order valence-corrected chi connectivity index (χ4v) is 5.99. The van der Waals surface area contributed by atoms with E-state index in [0.717, 1.165) is 0 Å². The molecule has 2 aromatic heterocycles. The van der Waals surface area contributed by atoms with Gasteiger partial charge in [-0.3, -0.25) is 19.5 Å². The summed E-state index contributed by atoms with van der Waals surface area (Å²) in [6.45, 7) is 0.311. The predicted molar refractivity (Wildman–Crippen MR) is 131 cm³/mol. The quantitative estimate of drug-likeness (QED) is 0.506. The van der Waals surface area contributed by atoms with E-state index in [9.17, 15) is 27.6 Å². The highest BCUT2D eigenvalue weighted by atomic mass is 19.4. The van der Waals surface area contributed by atoms with Crippen LogP contribution in [-0.2, 0) is 15.0 Å². The zero-order valence-electron chi connectivity index (χ0n) is 20.3. The molecule has 2 amide bonds. The third kappa shape index (κ3) is 3.85. The van der Waals surface area contributed by atoms with Gasteiger partial charge in [-0.25, -0.2) is 4.98 Å². The maximum atomic E-state index is 14.0. The van der Waals surface area contributed by atoms with E-state index in [-0.39, 0.29) is 36.9 Å². The molecule has 1 aromatic carbocycles. The fraction of sp³-hybridized carbons (Fsp3) is 0.423. The van der Waals surface area contributed by atoms with E-state index in [2.05, 4.69) is 20.5 Å². The normalized spacial score (nSPS) is 20.9. The second-order valence-electron chi connectivity index (χ2n) is 10.1. The van der Waals surface area contributed by atoms with Crippen LogP contribution in [0.5, 0.6) is 0 Å². The Morgan fingerprint density at radius 2 is 1.92 bits per heavy atom. The van der Waals surface area contributed by atoms with Crippen molar-refractivity contribution in [3.63, 3.8) is 0 Å². The minimum absolute atomic E-state index is 0.00630. The summed E-state index contributed by atoms with van der Waals surface area (Å²) in [5.74, 6) is -2.75. The molecule has 1 atom stereocenters. The first-order valence-electron chi connectivity index (χ1n) is 12.5. The summed E-state index contributed by atoms with van der Waals surface area (Å²) < 4.78 is 39.5. The van der Waals surface area contributed by atoms with E-state index in [0.29, 0.717) is 53.8 Å². The Hall–Kier alpha value is -3.80. The number of likely N-dealkylation sites (tertiary alicyclic amines) is 1. The van der Waals surface area contributed by atoms with Crippen LogP contribution in [-0.4, -0.2) is 76.6 Å². The zero-order chi connectivity index (χ0) is 26.7. The second-order valence-corrected chi connectivity index (χ2v) is 10.1. The average Bonchev–Trinajstić information content (AvgIpc) is 3.64. The molecule has 0 saturated carbocycles. The number of alkyl halides is 3. The molecule has 9 nitrogen and oxygen atoms in total. The summed E-state index contributed by atoms with van der Waals surface area (Å²) in [5, 5.41) is 9.98. The number of carbonyl (C=O) groups excluding carboxylic acids is 3. The Bertz CT molecular complexity index is 1450. The Balaban J connectivity index is 1.36. The van der Waals surface area contributed by atoms with Gasteiger partial charge in [0.05, 0.1) is 23.0 Å². The van der Waals surface area contributed by atoms with Crippen LogP contribution in [0.2, 0.25) is 0 Å². The van der Waals surface area contributed by atoms with Crippen LogP contribution in [0.3, 0.4) is 0 Å². The first kappa shape index (κ1) is 24.5. The van der Waals surface area contributed by atoms with Gasteiger partial charge in [-0.15, -0.1) is 0 Å². The molecule has 6 rings (SSSR count). The molecule has 12 heteroatoms. The van der Waals surface area contributed by atoms with Crippen molar-refractivity contribution in [2.75, 3.05) is 37.6 Å². The number of hydrogen-bond acceptors (Lipinski definition) is 6. The smallest absolute Gasteiger partial charge is 0.341 e. The van der Waals surface area contributed by atoms with Crippen molar-refractivity contribution in [2.24, 2.45) is 5.92 Å². The van der Waals surface area contributed by atoms with Crippen LogP contribution in [0.25, 0.3) is 11.0 Å². The van der Waals surface area contributed by atoms with Crippen LogP contribution in [0, 0.1) is 5.92 Å².